The number of hydrogen-bond donors (Lipinski definition) is 0. The minimum absolute atomic E-state index is 0.0741. The predicted octanol–water partition coefficient (Wildman–Crippen LogP) is 1.96. The summed E-state index contributed by atoms with van der Waals surface area (Å²) in [5, 5.41) is 3.91. The molecule has 1 aliphatic carbocycles. The average molecular weight is 400 g/mol. The van der Waals surface area contributed by atoms with Crippen LogP contribution in [0.4, 0.5) is 0 Å². The summed E-state index contributed by atoms with van der Waals surface area (Å²) in [6, 6.07) is -0.268. The molecule has 156 valence electrons. The zero-order valence-corrected chi connectivity index (χ0v) is 16.9. The minimum Gasteiger partial charge on any atom is -0.341 e. The molecule has 1 unspecified atom stereocenters. The molecule has 1 atom stereocenters. The van der Waals surface area contributed by atoms with Crippen LogP contribution >= 0.6 is 0 Å². The van der Waals surface area contributed by atoms with Gasteiger partial charge in [0.25, 0.3) is 0 Å². The summed E-state index contributed by atoms with van der Waals surface area (Å²) in [4.78, 5) is 38.1. The van der Waals surface area contributed by atoms with Crippen LogP contribution in [-0.4, -0.2) is 60.9 Å². The number of aryl methyl sites for hydroxylation is 2. The third kappa shape index (κ3) is 4.49. The van der Waals surface area contributed by atoms with Gasteiger partial charge in [-0.3, -0.25) is 9.59 Å². The number of amides is 2. The summed E-state index contributed by atoms with van der Waals surface area (Å²) in [5.41, 5.74) is 0. The molecule has 2 aliphatic rings. The van der Waals surface area contributed by atoms with Crippen molar-refractivity contribution >= 4 is 11.8 Å². The number of rotatable bonds is 5. The largest absolute Gasteiger partial charge is 0.341 e. The molecular weight excluding hydrogens is 372 g/mol. The lowest BCUT2D eigenvalue weighted by atomic mass is 10.0. The fourth-order valence-corrected chi connectivity index (χ4v) is 4.36. The van der Waals surface area contributed by atoms with Crippen LogP contribution < -0.4 is 0 Å². The molecule has 1 aliphatic heterocycles. The summed E-state index contributed by atoms with van der Waals surface area (Å²) < 4.78 is 7.32. The van der Waals surface area contributed by atoms with Crippen LogP contribution in [0.25, 0.3) is 0 Å². The van der Waals surface area contributed by atoms with E-state index < -0.39 is 0 Å². The highest BCUT2D eigenvalue weighted by Crippen LogP contribution is 2.32. The summed E-state index contributed by atoms with van der Waals surface area (Å²) >= 11 is 0. The molecule has 9 heteroatoms. The molecule has 2 fully saturated rings. The second-order valence-electron chi connectivity index (χ2n) is 7.93. The summed E-state index contributed by atoms with van der Waals surface area (Å²) in [6.45, 7) is 3.98. The Hall–Kier alpha value is -2.71. The Bertz CT molecular complexity index is 827. The Labute approximate surface area is 170 Å². The Balaban J connectivity index is 1.46. The van der Waals surface area contributed by atoms with Crippen LogP contribution in [0, 0.1) is 12.8 Å². The van der Waals surface area contributed by atoms with Crippen LogP contribution in [-0.2, 0) is 16.1 Å². The van der Waals surface area contributed by atoms with Crippen LogP contribution in [0.5, 0.6) is 0 Å². The number of nitrogens with zero attached hydrogens (tertiary/aromatic N) is 6. The Morgan fingerprint density at radius 1 is 1.17 bits per heavy atom. The van der Waals surface area contributed by atoms with E-state index in [4.69, 9.17) is 4.52 Å². The lowest BCUT2D eigenvalue weighted by Gasteiger charge is -2.29. The predicted molar refractivity (Wildman–Crippen MR) is 103 cm³/mol. The maximum Gasteiger partial charge on any atom is 0.249 e. The molecular formula is C20H28N6O3. The van der Waals surface area contributed by atoms with Crippen molar-refractivity contribution < 1.29 is 14.1 Å². The summed E-state index contributed by atoms with van der Waals surface area (Å²) in [5.74, 6) is 1.36. The number of imidazole rings is 1. The third-order valence-corrected chi connectivity index (χ3v) is 5.97. The van der Waals surface area contributed by atoms with Crippen molar-refractivity contribution in [1.82, 2.24) is 29.5 Å². The molecule has 0 aromatic carbocycles. The highest BCUT2D eigenvalue weighted by Gasteiger charge is 2.37. The quantitative estimate of drug-likeness (QED) is 0.761. The Morgan fingerprint density at radius 3 is 2.69 bits per heavy atom. The molecule has 2 aromatic rings. The number of aromatic nitrogens is 4. The van der Waals surface area contributed by atoms with Gasteiger partial charge in [-0.25, -0.2) is 4.98 Å². The minimum atomic E-state index is -0.268. The third-order valence-electron chi connectivity index (χ3n) is 5.97. The highest BCUT2D eigenvalue weighted by molar-refractivity contribution is 5.80. The van der Waals surface area contributed by atoms with E-state index >= 15 is 0 Å². The molecule has 29 heavy (non-hydrogen) atoms. The molecule has 0 radical (unpaired) electrons. The van der Waals surface area contributed by atoms with Crippen molar-refractivity contribution in [3.63, 3.8) is 0 Å². The smallest absolute Gasteiger partial charge is 0.249 e. The molecule has 4 rings (SSSR count). The molecule has 2 amide bonds. The second-order valence-corrected chi connectivity index (χ2v) is 7.93. The number of carbonyl (C=O) groups excluding carboxylic acids is 2. The monoisotopic (exact) mass is 400 g/mol. The van der Waals surface area contributed by atoms with E-state index in [9.17, 15) is 9.59 Å². The van der Waals surface area contributed by atoms with E-state index in [1.54, 1.807) is 19.4 Å². The lowest BCUT2D eigenvalue weighted by Crippen LogP contribution is -2.41. The van der Waals surface area contributed by atoms with Gasteiger partial charge >= 0.3 is 0 Å². The van der Waals surface area contributed by atoms with Crippen molar-refractivity contribution in [2.75, 3.05) is 19.6 Å². The zero-order chi connectivity index (χ0) is 20.2. The summed E-state index contributed by atoms with van der Waals surface area (Å²) in [6.07, 6.45) is 10.4. The number of hydrogen-bond acceptors (Lipinski definition) is 6. The van der Waals surface area contributed by atoms with Crippen LogP contribution in [0.2, 0.25) is 0 Å². The van der Waals surface area contributed by atoms with E-state index in [1.165, 1.54) is 0 Å². The maximum atomic E-state index is 13.2. The average Bonchev–Trinajstić information content (AvgIpc) is 3.47. The Kier molecular flexibility index (Phi) is 5.92. The number of carbonyl (C=O) groups is 2. The van der Waals surface area contributed by atoms with Crippen LogP contribution in [0.15, 0.2) is 23.2 Å². The van der Waals surface area contributed by atoms with E-state index in [1.807, 2.05) is 20.6 Å². The SMILES string of the molecule is Cc1noc(C2CCN(C(=O)CCn3ccnc3)CCN2C(=O)C2CCCC2)n1. The maximum absolute atomic E-state index is 13.2. The van der Waals surface area contributed by atoms with Crippen molar-refractivity contribution in [1.29, 1.82) is 0 Å². The topological polar surface area (TPSA) is 97.4 Å². The molecule has 0 bridgehead atoms. The molecule has 9 nitrogen and oxygen atoms in total. The van der Waals surface area contributed by atoms with Crippen molar-refractivity contribution in [2.24, 2.45) is 5.92 Å². The van der Waals surface area contributed by atoms with Gasteiger partial charge in [-0.2, -0.15) is 4.98 Å². The van der Waals surface area contributed by atoms with Gasteiger partial charge in [0.1, 0.15) is 6.04 Å². The van der Waals surface area contributed by atoms with Gasteiger partial charge in [0.05, 0.1) is 6.33 Å². The summed E-state index contributed by atoms with van der Waals surface area (Å²) in [7, 11) is 0. The van der Waals surface area contributed by atoms with E-state index in [2.05, 4.69) is 15.1 Å². The molecule has 3 heterocycles. The highest BCUT2D eigenvalue weighted by atomic mass is 16.5. The van der Waals surface area contributed by atoms with Gasteiger partial charge in [-0.1, -0.05) is 18.0 Å². The first-order chi connectivity index (χ1) is 14.1. The first kappa shape index (κ1) is 19.6. The van der Waals surface area contributed by atoms with Crippen LogP contribution in [0.3, 0.4) is 0 Å². The van der Waals surface area contributed by atoms with Gasteiger partial charge < -0.3 is 18.9 Å². The van der Waals surface area contributed by atoms with Gasteiger partial charge in [0.2, 0.25) is 17.7 Å². The normalized spacial score (nSPS) is 20.8. The van der Waals surface area contributed by atoms with Gasteiger partial charge in [0.15, 0.2) is 5.82 Å². The first-order valence-electron chi connectivity index (χ1n) is 10.5. The molecule has 0 spiro atoms. The van der Waals surface area contributed by atoms with Crippen LogP contribution in [0.1, 0.15) is 56.3 Å². The van der Waals surface area contributed by atoms with Gasteiger partial charge in [0, 0.05) is 50.9 Å². The van der Waals surface area contributed by atoms with Crippen molar-refractivity contribution in [2.45, 2.75) is 58.0 Å². The Morgan fingerprint density at radius 2 is 2.00 bits per heavy atom. The van der Waals surface area contributed by atoms with Gasteiger partial charge in [-0.05, 0) is 26.2 Å². The van der Waals surface area contributed by atoms with E-state index in [0.717, 1.165) is 25.7 Å². The van der Waals surface area contributed by atoms with E-state index in [-0.39, 0.29) is 23.8 Å². The van der Waals surface area contributed by atoms with Crippen molar-refractivity contribution in [3.8, 4) is 0 Å². The van der Waals surface area contributed by atoms with Crippen molar-refractivity contribution in [3.05, 3.63) is 30.4 Å². The molecule has 0 N–H and O–H groups in total. The van der Waals surface area contributed by atoms with E-state index in [0.29, 0.717) is 50.7 Å². The zero-order valence-electron chi connectivity index (χ0n) is 16.9. The standard InChI is InChI=1S/C20H28N6O3/c1-15-22-19(29-23-15)17-6-10-25(18(27)7-9-24-11-8-21-14-24)12-13-26(17)20(28)16-4-2-3-5-16/h8,11,14,16-17H,2-7,9-10,12-13H2,1H3. The second kappa shape index (κ2) is 8.75. The fraction of sp³-hybridized carbons (Fsp3) is 0.650. The molecule has 1 saturated carbocycles. The van der Waals surface area contributed by atoms with Gasteiger partial charge in [-0.15, -0.1) is 0 Å². The fourth-order valence-electron chi connectivity index (χ4n) is 4.36. The lowest BCUT2D eigenvalue weighted by molar-refractivity contribution is -0.139. The first-order valence-corrected chi connectivity index (χ1v) is 10.5. The molecule has 1 saturated heterocycles. The molecule has 2 aromatic heterocycles.